The largest absolute Gasteiger partial charge is 0.502 e. The summed E-state index contributed by atoms with van der Waals surface area (Å²) in [7, 11) is 0. The zero-order chi connectivity index (χ0) is 22.7. The van der Waals surface area contributed by atoms with Crippen molar-refractivity contribution in [3.05, 3.63) is 110 Å². The van der Waals surface area contributed by atoms with E-state index in [0.29, 0.717) is 22.4 Å². The van der Waals surface area contributed by atoms with Crippen molar-refractivity contribution in [2.45, 2.75) is 5.92 Å². The van der Waals surface area contributed by atoms with Crippen LogP contribution in [0, 0.1) is 10.1 Å². The van der Waals surface area contributed by atoms with Gasteiger partial charge in [-0.15, -0.1) is 0 Å². The van der Waals surface area contributed by atoms with E-state index in [-0.39, 0.29) is 0 Å². The number of nitrogens with zero attached hydrogens (tertiary/aromatic N) is 2. The van der Waals surface area contributed by atoms with Crippen LogP contribution in [0.5, 0.6) is 5.75 Å². The van der Waals surface area contributed by atoms with Gasteiger partial charge in [-0.1, -0.05) is 24.3 Å². The molecule has 6 rings (SSSR count). The molecule has 0 bridgehead atoms. The number of benzene rings is 3. The van der Waals surface area contributed by atoms with Crippen LogP contribution in [0.25, 0.3) is 21.9 Å². The van der Waals surface area contributed by atoms with E-state index < -0.39 is 27.9 Å². The fraction of sp³-hybridized carbons (Fsp3) is 0.0400. The van der Waals surface area contributed by atoms with Crippen LogP contribution in [0.1, 0.15) is 22.6 Å². The lowest BCUT2D eigenvalue weighted by molar-refractivity contribution is -0.385. The second-order valence-electron chi connectivity index (χ2n) is 7.83. The molecule has 0 saturated carbocycles. The summed E-state index contributed by atoms with van der Waals surface area (Å²) >= 11 is 0. The molecule has 3 aromatic carbocycles. The van der Waals surface area contributed by atoms with Gasteiger partial charge in [-0.05, 0) is 47.5 Å². The second kappa shape index (κ2) is 6.89. The number of nitrogens with one attached hydrogen (secondary N) is 1. The van der Waals surface area contributed by atoms with E-state index in [2.05, 4.69) is 10.3 Å². The molecule has 0 aliphatic carbocycles. The Morgan fingerprint density at radius 2 is 1.82 bits per heavy atom. The first-order valence-electron chi connectivity index (χ1n) is 10.2. The van der Waals surface area contributed by atoms with Crippen molar-refractivity contribution in [3.8, 4) is 5.75 Å². The van der Waals surface area contributed by atoms with Crippen LogP contribution in [0.3, 0.4) is 0 Å². The van der Waals surface area contributed by atoms with Gasteiger partial charge in [-0.2, -0.15) is 0 Å². The number of pyridine rings is 1. The van der Waals surface area contributed by atoms with Crippen LogP contribution in [-0.4, -0.2) is 15.0 Å². The highest BCUT2D eigenvalue weighted by atomic mass is 16.6. The van der Waals surface area contributed by atoms with Crippen molar-refractivity contribution in [1.82, 2.24) is 4.98 Å². The van der Waals surface area contributed by atoms with Crippen molar-refractivity contribution in [2.75, 3.05) is 5.32 Å². The molecule has 1 aliphatic rings. The van der Waals surface area contributed by atoms with E-state index in [9.17, 15) is 20.0 Å². The molecule has 2 N–H and O–H groups in total. The monoisotopic (exact) mass is 437 g/mol. The Morgan fingerprint density at radius 1 is 1.00 bits per heavy atom. The lowest BCUT2D eigenvalue weighted by Gasteiger charge is -2.30. The molecule has 3 heterocycles. The van der Waals surface area contributed by atoms with Crippen LogP contribution < -0.4 is 10.9 Å². The number of phenols is 1. The Labute approximate surface area is 185 Å². The molecule has 0 spiro atoms. The average Bonchev–Trinajstić information content (AvgIpc) is 2.83. The minimum Gasteiger partial charge on any atom is -0.502 e. The van der Waals surface area contributed by atoms with Gasteiger partial charge in [-0.3, -0.25) is 15.1 Å². The number of anilines is 2. The number of aromatic nitrogens is 1. The Balaban J connectivity index is 1.75. The number of hydrogen-bond acceptors (Lipinski definition) is 7. The van der Waals surface area contributed by atoms with Gasteiger partial charge in [0.15, 0.2) is 5.75 Å². The lowest BCUT2D eigenvalue weighted by Crippen LogP contribution is -2.23. The van der Waals surface area contributed by atoms with Crippen molar-refractivity contribution in [2.24, 2.45) is 0 Å². The van der Waals surface area contributed by atoms with Crippen LogP contribution in [0.15, 0.2) is 82.1 Å². The summed E-state index contributed by atoms with van der Waals surface area (Å²) < 4.78 is 5.65. The lowest BCUT2D eigenvalue weighted by atomic mass is 9.79. The molecule has 2 aromatic heterocycles. The highest BCUT2D eigenvalue weighted by molar-refractivity contribution is 6.00. The molecule has 5 aromatic rings. The SMILES string of the molecule is O=c1oc2ccccc2c2c1C(c1ccc(O)c([N+](=O)[O-])c1)c1c(ccc3ncccc13)N2. The summed E-state index contributed by atoms with van der Waals surface area (Å²) in [5, 5.41) is 26.5. The summed E-state index contributed by atoms with van der Waals surface area (Å²) in [6, 6.07) is 18.9. The van der Waals surface area contributed by atoms with Gasteiger partial charge in [0.05, 0.1) is 21.7 Å². The number of phenolic OH excluding ortho intramolecular Hbond substituents is 1. The summed E-state index contributed by atoms with van der Waals surface area (Å²) in [5.41, 5.74) is 3.15. The first-order valence-corrected chi connectivity index (χ1v) is 10.2. The second-order valence-corrected chi connectivity index (χ2v) is 7.83. The fourth-order valence-electron chi connectivity index (χ4n) is 4.63. The predicted molar refractivity (Wildman–Crippen MR) is 123 cm³/mol. The minimum absolute atomic E-state index is 0.345. The number of nitro groups is 1. The van der Waals surface area contributed by atoms with Crippen molar-refractivity contribution < 1.29 is 14.4 Å². The Bertz CT molecular complexity index is 1680. The fourth-order valence-corrected chi connectivity index (χ4v) is 4.63. The molecule has 0 fully saturated rings. The molecule has 33 heavy (non-hydrogen) atoms. The number of hydrogen-bond donors (Lipinski definition) is 2. The maximum absolute atomic E-state index is 13.3. The van der Waals surface area contributed by atoms with Crippen LogP contribution >= 0.6 is 0 Å². The van der Waals surface area contributed by atoms with Crippen molar-refractivity contribution in [1.29, 1.82) is 0 Å². The number of para-hydroxylation sites is 1. The molecule has 8 nitrogen and oxygen atoms in total. The zero-order valence-electron chi connectivity index (χ0n) is 17.0. The Morgan fingerprint density at radius 3 is 2.67 bits per heavy atom. The number of fused-ring (bicyclic) bond motifs is 6. The topological polar surface area (TPSA) is 118 Å². The first kappa shape index (κ1) is 19.0. The number of nitro benzene ring substituents is 1. The Hall–Kier alpha value is -4.72. The number of aromatic hydroxyl groups is 1. The maximum Gasteiger partial charge on any atom is 0.342 e. The van der Waals surface area contributed by atoms with Crippen LogP contribution in [-0.2, 0) is 0 Å². The summed E-state index contributed by atoms with van der Waals surface area (Å²) in [5.74, 6) is -1.12. The van der Waals surface area contributed by atoms with E-state index in [4.69, 9.17) is 4.42 Å². The molecule has 160 valence electrons. The third-order valence-corrected chi connectivity index (χ3v) is 6.04. The third-order valence-electron chi connectivity index (χ3n) is 6.04. The van der Waals surface area contributed by atoms with Crippen LogP contribution in [0.4, 0.5) is 17.1 Å². The standard InChI is InChI=1S/C25H15N3O5/c29-19-10-7-13(12-18(19)28(31)32)21-22-14-5-3-11-26-16(14)8-9-17(22)27-24-15-4-1-2-6-20(15)33-25(30)23(21)24/h1-12,21,27,29H. The van der Waals surface area contributed by atoms with Gasteiger partial charge in [0.2, 0.25) is 0 Å². The molecule has 1 aliphatic heterocycles. The average molecular weight is 437 g/mol. The molecular formula is C25H15N3O5. The zero-order valence-corrected chi connectivity index (χ0v) is 17.0. The smallest absolute Gasteiger partial charge is 0.342 e. The van der Waals surface area contributed by atoms with E-state index in [1.807, 2.05) is 30.3 Å². The van der Waals surface area contributed by atoms with Gasteiger partial charge in [0.1, 0.15) is 5.58 Å². The van der Waals surface area contributed by atoms with Crippen LogP contribution in [0.2, 0.25) is 0 Å². The molecular weight excluding hydrogens is 422 g/mol. The van der Waals surface area contributed by atoms with Gasteiger partial charge in [0, 0.05) is 34.6 Å². The summed E-state index contributed by atoms with van der Waals surface area (Å²) in [4.78, 5) is 28.6. The highest BCUT2D eigenvalue weighted by Crippen LogP contribution is 2.49. The highest BCUT2D eigenvalue weighted by Gasteiger charge is 2.34. The van der Waals surface area contributed by atoms with Crippen molar-refractivity contribution in [3.63, 3.8) is 0 Å². The molecule has 8 heteroatoms. The van der Waals surface area contributed by atoms with Gasteiger partial charge >= 0.3 is 11.3 Å². The maximum atomic E-state index is 13.3. The summed E-state index contributed by atoms with van der Waals surface area (Å²) in [6.07, 6.45) is 1.68. The molecule has 1 unspecified atom stereocenters. The normalized spacial score (nSPS) is 14.5. The first-order chi connectivity index (χ1) is 16.0. The molecule has 0 radical (unpaired) electrons. The van der Waals surface area contributed by atoms with Gasteiger partial charge in [-0.25, -0.2) is 4.79 Å². The molecule has 0 amide bonds. The van der Waals surface area contributed by atoms with E-state index in [1.165, 1.54) is 12.1 Å². The minimum atomic E-state index is -0.677. The number of rotatable bonds is 2. The van der Waals surface area contributed by atoms with E-state index >= 15 is 0 Å². The third kappa shape index (κ3) is 2.77. The predicted octanol–water partition coefficient (Wildman–Crippen LogP) is 5.19. The molecule has 1 atom stereocenters. The van der Waals surface area contributed by atoms with Gasteiger partial charge < -0.3 is 14.8 Å². The quantitative estimate of drug-likeness (QED) is 0.217. The Kier molecular flexibility index (Phi) is 3.97. The van der Waals surface area contributed by atoms with E-state index in [0.717, 1.165) is 27.5 Å². The summed E-state index contributed by atoms with van der Waals surface area (Å²) in [6.45, 7) is 0. The van der Waals surface area contributed by atoms with Crippen molar-refractivity contribution >= 4 is 38.9 Å². The van der Waals surface area contributed by atoms with Gasteiger partial charge in [0.25, 0.3) is 0 Å². The van der Waals surface area contributed by atoms with E-state index in [1.54, 1.807) is 30.5 Å². The molecule has 0 saturated heterocycles.